The Bertz CT molecular complexity index is 1740. The van der Waals surface area contributed by atoms with E-state index in [-0.39, 0.29) is 52.0 Å². The predicted molar refractivity (Wildman–Crippen MR) is 174 cm³/mol. The van der Waals surface area contributed by atoms with E-state index in [9.17, 15) is 24.0 Å². The number of fused-ring (bicyclic) bond motifs is 4. The van der Waals surface area contributed by atoms with E-state index in [1.807, 2.05) is 0 Å². The van der Waals surface area contributed by atoms with Gasteiger partial charge in [-0.3, -0.25) is 19.2 Å². The lowest BCUT2D eigenvalue weighted by molar-refractivity contribution is -0.201. The number of rotatable bonds is 11. The Morgan fingerprint density at radius 3 is 2.55 bits per heavy atom. The van der Waals surface area contributed by atoms with Crippen molar-refractivity contribution < 1.29 is 57.6 Å². The SMILES string of the molecule is CC1(C)COC(=O)[C@@H]1OC(=O)C=Cc1ccc(CN2O[C@@H]3[C@H]4OCO[C@H]4[C@@H]4C[C@]3(C(=O)NCc3cccc(C(=O)NCCO)c3)[C@@H]2C(=O)O4)cc1. The summed E-state index contributed by atoms with van der Waals surface area (Å²) in [6.07, 6.45) is -0.793. The Kier molecular flexibility index (Phi) is 9.41. The van der Waals surface area contributed by atoms with Gasteiger partial charge in [-0.2, -0.15) is 5.06 Å². The number of cyclic esters (lactones) is 1. The van der Waals surface area contributed by atoms with Crippen molar-refractivity contribution in [2.75, 3.05) is 26.6 Å². The van der Waals surface area contributed by atoms with Crippen LogP contribution in [0.4, 0.5) is 0 Å². The average molecular weight is 706 g/mol. The van der Waals surface area contributed by atoms with Crippen molar-refractivity contribution in [2.45, 2.75) is 69.9 Å². The first-order valence-corrected chi connectivity index (χ1v) is 16.8. The molecule has 4 heterocycles. The second kappa shape index (κ2) is 13.8. The number of hydrogen-bond acceptors (Lipinski definition) is 13. The molecule has 15 nitrogen and oxygen atoms in total. The molecule has 1 aliphatic carbocycles. The highest BCUT2D eigenvalue weighted by atomic mass is 16.8. The van der Waals surface area contributed by atoms with Crippen LogP contribution in [0.1, 0.15) is 47.3 Å². The van der Waals surface area contributed by atoms with Gasteiger partial charge in [-0.25, -0.2) is 9.59 Å². The largest absolute Gasteiger partial charge is 0.462 e. The van der Waals surface area contributed by atoms with Crippen molar-refractivity contribution >= 4 is 35.8 Å². The summed E-state index contributed by atoms with van der Waals surface area (Å²) in [6.45, 7) is 3.86. The van der Waals surface area contributed by atoms with E-state index in [0.29, 0.717) is 16.7 Å². The summed E-state index contributed by atoms with van der Waals surface area (Å²) in [4.78, 5) is 71.2. The number of hydroxylamine groups is 2. The summed E-state index contributed by atoms with van der Waals surface area (Å²) in [5, 5.41) is 16.1. The maximum absolute atomic E-state index is 14.3. The second-order valence-electron chi connectivity index (χ2n) is 14.0. The minimum Gasteiger partial charge on any atom is -0.462 e. The van der Waals surface area contributed by atoms with Crippen LogP contribution in [0.25, 0.3) is 6.08 Å². The number of ether oxygens (including phenoxy) is 5. The van der Waals surface area contributed by atoms with Crippen LogP contribution in [0.2, 0.25) is 0 Å². The fourth-order valence-corrected chi connectivity index (χ4v) is 7.44. The molecular formula is C36H39N3O12. The van der Waals surface area contributed by atoms with Gasteiger partial charge in [0.25, 0.3) is 5.91 Å². The fraction of sp³-hybridized carbons (Fsp3) is 0.472. The Labute approximate surface area is 293 Å². The number of nitrogens with one attached hydrogen (secondary N) is 2. The molecule has 5 aliphatic rings. The number of esters is 3. The van der Waals surface area contributed by atoms with Gasteiger partial charge < -0.3 is 39.4 Å². The van der Waals surface area contributed by atoms with Crippen molar-refractivity contribution in [1.82, 2.24) is 15.7 Å². The quantitative estimate of drug-likeness (QED) is 0.169. The Balaban J connectivity index is 1.06. The van der Waals surface area contributed by atoms with E-state index in [1.165, 1.54) is 11.1 Å². The van der Waals surface area contributed by atoms with Gasteiger partial charge in [0, 0.05) is 36.6 Å². The predicted octanol–water partition coefficient (Wildman–Crippen LogP) is 0.775. The third-order valence-electron chi connectivity index (χ3n) is 10.0. The van der Waals surface area contributed by atoms with E-state index in [4.69, 9.17) is 33.6 Å². The monoisotopic (exact) mass is 705 g/mol. The Morgan fingerprint density at radius 1 is 1.02 bits per heavy atom. The Hall–Kier alpha value is -4.67. The molecule has 0 aromatic heterocycles. The molecule has 2 aromatic rings. The molecule has 2 aromatic carbocycles. The number of amides is 2. The van der Waals surface area contributed by atoms with Gasteiger partial charge in [0.1, 0.15) is 43.2 Å². The molecule has 270 valence electrons. The molecule has 7 atom stereocenters. The van der Waals surface area contributed by atoms with Crippen LogP contribution in [0, 0.1) is 10.8 Å². The van der Waals surface area contributed by atoms with Crippen molar-refractivity contribution in [3.05, 3.63) is 76.9 Å². The average Bonchev–Trinajstić information content (AvgIpc) is 3.82. The minimum absolute atomic E-state index is 0.0260. The lowest BCUT2D eigenvalue weighted by atomic mass is 9.62. The molecular weight excluding hydrogens is 666 g/mol. The molecule has 2 bridgehead atoms. The molecule has 51 heavy (non-hydrogen) atoms. The Morgan fingerprint density at radius 2 is 1.80 bits per heavy atom. The molecule has 3 N–H and O–H groups in total. The standard InChI is InChI=1S/C36H39N3O12/c1-35(2)18-46-33(44)30(35)50-25(41)11-10-20-6-8-21(9-7-20)17-39-28-32(43)49-24-15-36(28,29(51-39)27-26(24)47-19-48-27)34(45)38-16-22-4-3-5-23(14-22)31(42)37-12-13-40/h3-11,14,24,26-30,40H,12-13,15-19H2,1-2H3,(H,37,42)(H,38,45)/t24-,26-,27-,28-,29+,30-,36-/m0/s1. The highest BCUT2D eigenvalue weighted by Crippen LogP contribution is 2.55. The van der Waals surface area contributed by atoms with Crippen molar-refractivity contribution in [3.8, 4) is 0 Å². The zero-order valence-corrected chi connectivity index (χ0v) is 28.1. The van der Waals surface area contributed by atoms with Gasteiger partial charge in [0.15, 0.2) is 6.04 Å². The maximum atomic E-state index is 14.3. The minimum atomic E-state index is -1.35. The first kappa shape index (κ1) is 34.8. The first-order chi connectivity index (χ1) is 24.5. The van der Waals surface area contributed by atoms with Crippen LogP contribution < -0.4 is 10.6 Å². The van der Waals surface area contributed by atoms with Gasteiger partial charge in [-0.05, 0) is 34.9 Å². The fourth-order valence-electron chi connectivity index (χ4n) is 7.44. The number of hydrogen-bond donors (Lipinski definition) is 3. The summed E-state index contributed by atoms with van der Waals surface area (Å²) in [7, 11) is 0. The smallest absolute Gasteiger partial charge is 0.348 e. The first-order valence-electron chi connectivity index (χ1n) is 16.8. The summed E-state index contributed by atoms with van der Waals surface area (Å²) >= 11 is 0. The molecule has 0 spiro atoms. The molecule has 4 aliphatic heterocycles. The topological polar surface area (TPSA) is 188 Å². The molecule has 0 unspecified atom stereocenters. The molecule has 4 saturated heterocycles. The number of benzene rings is 2. The van der Waals surface area contributed by atoms with Crippen LogP contribution in [0.5, 0.6) is 0 Å². The zero-order valence-electron chi connectivity index (χ0n) is 28.1. The number of aliphatic hydroxyl groups excluding tert-OH is 1. The van der Waals surface area contributed by atoms with Crippen LogP contribution in [0.15, 0.2) is 54.6 Å². The lowest BCUT2D eigenvalue weighted by Crippen LogP contribution is -2.69. The van der Waals surface area contributed by atoms with Crippen molar-refractivity contribution in [3.63, 3.8) is 0 Å². The maximum Gasteiger partial charge on any atom is 0.348 e. The molecule has 7 rings (SSSR count). The van der Waals surface area contributed by atoms with E-state index in [2.05, 4.69) is 10.6 Å². The molecule has 1 saturated carbocycles. The number of carbonyl (C=O) groups is 5. The van der Waals surface area contributed by atoms with E-state index in [0.717, 1.165) is 5.56 Å². The highest BCUT2D eigenvalue weighted by Gasteiger charge is 2.74. The van der Waals surface area contributed by atoms with Gasteiger partial charge >= 0.3 is 17.9 Å². The van der Waals surface area contributed by atoms with Gasteiger partial charge in [0.05, 0.1) is 13.2 Å². The van der Waals surface area contributed by atoms with E-state index < -0.39 is 71.2 Å². The summed E-state index contributed by atoms with van der Waals surface area (Å²) in [6, 6.07) is 12.8. The molecule has 15 heteroatoms. The highest BCUT2D eigenvalue weighted by molar-refractivity contribution is 5.95. The number of carbonyl (C=O) groups excluding carboxylic acids is 5. The normalized spacial score (nSPS) is 30.4. The van der Waals surface area contributed by atoms with Crippen molar-refractivity contribution in [2.24, 2.45) is 10.8 Å². The third kappa shape index (κ3) is 6.51. The van der Waals surface area contributed by atoms with Crippen LogP contribution in [-0.2, 0) is 60.8 Å². The molecule has 5 fully saturated rings. The van der Waals surface area contributed by atoms with Gasteiger partial charge in [0.2, 0.25) is 12.0 Å². The van der Waals surface area contributed by atoms with Gasteiger partial charge in [-0.1, -0.05) is 50.2 Å². The summed E-state index contributed by atoms with van der Waals surface area (Å²) in [5.41, 5.74) is 0.511. The zero-order chi connectivity index (χ0) is 35.9. The lowest BCUT2D eigenvalue weighted by Gasteiger charge is -2.48. The van der Waals surface area contributed by atoms with Gasteiger partial charge in [-0.15, -0.1) is 0 Å². The summed E-state index contributed by atoms with van der Waals surface area (Å²) < 4.78 is 27.9. The van der Waals surface area contributed by atoms with Crippen LogP contribution in [0.3, 0.4) is 0 Å². The van der Waals surface area contributed by atoms with Crippen LogP contribution in [-0.4, -0.2) is 103 Å². The molecule has 0 radical (unpaired) electrons. The summed E-state index contributed by atoms with van der Waals surface area (Å²) in [5.74, 6) is -2.61. The van der Waals surface area contributed by atoms with E-state index >= 15 is 0 Å². The number of aliphatic hydroxyl groups is 1. The number of nitrogens with zero attached hydrogens (tertiary/aromatic N) is 1. The van der Waals surface area contributed by atoms with Crippen molar-refractivity contribution in [1.29, 1.82) is 0 Å². The third-order valence-corrected chi connectivity index (χ3v) is 10.0. The molecule has 2 amide bonds. The second-order valence-corrected chi connectivity index (χ2v) is 14.0. The van der Waals surface area contributed by atoms with E-state index in [1.54, 1.807) is 68.5 Å². The van der Waals surface area contributed by atoms with Crippen LogP contribution >= 0.6 is 0 Å².